The fourth-order valence-corrected chi connectivity index (χ4v) is 4.03. The summed E-state index contributed by atoms with van der Waals surface area (Å²) >= 11 is 1.38. The number of amides is 1. The maximum Gasteiger partial charge on any atom is 0.234 e. The molecule has 0 spiro atoms. The molecule has 2 aromatic heterocycles. The molecule has 0 saturated carbocycles. The molecule has 0 radical (unpaired) electrons. The summed E-state index contributed by atoms with van der Waals surface area (Å²) in [6.45, 7) is 4.84. The van der Waals surface area contributed by atoms with Crippen molar-refractivity contribution in [3.8, 4) is 11.4 Å². The van der Waals surface area contributed by atoms with Gasteiger partial charge >= 0.3 is 0 Å². The molecular weight excluding hydrogens is 382 g/mol. The number of aromatic nitrogens is 4. The molecule has 0 fully saturated rings. The first-order valence-corrected chi connectivity index (χ1v) is 10.4. The Morgan fingerprint density at radius 2 is 1.90 bits per heavy atom. The number of carbonyl (C=O) groups is 1. The van der Waals surface area contributed by atoms with Crippen molar-refractivity contribution < 1.29 is 4.79 Å². The Morgan fingerprint density at radius 3 is 2.72 bits per heavy atom. The number of para-hydroxylation sites is 1. The number of rotatable bonds is 6. The number of benzene rings is 2. The van der Waals surface area contributed by atoms with Crippen molar-refractivity contribution in [1.29, 1.82) is 0 Å². The number of carbonyl (C=O) groups excluding carboxylic acids is 1. The van der Waals surface area contributed by atoms with Gasteiger partial charge < -0.3 is 9.88 Å². The molecule has 0 bridgehead atoms. The van der Waals surface area contributed by atoms with Gasteiger partial charge in [-0.1, -0.05) is 54.2 Å². The number of thioether (sulfide) groups is 1. The lowest BCUT2D eigenvalue weighted by molar-refractivity contribution is -0.113. The van der Waals surface area contributed by atoms with E-state index in [0.717, 1.165) is 39.6 Å². The van der Waals surface area contributed by atoms with Gasteiger partial charge in [0, 0.05) is 23.7 Å². The van der Waals surface area contributed by atoms with Crippen molar-refractivity contribution in [3.63, 3.8) is 0 Å². The zero-order valence-electron chi connectivity index (χ0n) is 16.3. The van der Waals surface area contributed by atoms with Gasteiger partial charge in [-0.15, -0.1) is 10.2 Å². The maximum atomic E-state index is 12.5. The minimum atomic E-state index is -0.101. The van der Waals surface area contributed by atoms with Crippen LogP contribution in [0.5, 0.6) is 0 Å². The van der Waals surface area contributed by atoms with Gasteiger partial charge in [0.25, 0.3) is 0 Å². The number of aryl methyl sites for hydroxylation is 1. The van der Waals surface area contributed by atoms with Crippen LogP contribution < -0.4 is 5.32 Å². The van der Waals surface area contributed by atoms with Crippen molar-refractivity contribution in [2.45, 2.75) is 25.5 Å². The summed E-state index contributed by atoms with van der Waals surface area (Å²) in [5.41, 5.74) is 3.70. The molecule has 0 unspecified atom stereocenters. The number of fused-ring (bicyclic) bond motifs is 1. The van der Waals surface area contributed by atoms with E-state index in [9.17, 15) is 4.79 Å². The summed E-state index contributed by atoms with van der Waals surface area (Å²) in [7, 11) is 0. The van der Waals surface area contributed by atoms with Crippen molar-refractivity contribution in [3.05, 3.63) is 66.4 Å². The van der Waals surface area contributed by atoms with Crippen LogP contribution in [0, 0.1) is 6.92 Å². The largest absolute Gasteiger partial charge is 0.323 e. The van der Waals surface area contributed by atoms with Crippen LogP contribution in [0.25, 0.3) is 22.3 Å². The van der Waals surface area contributed by atoms with E-state index in [1.165, 1.54) is 11.8 Å². The van der Waals surface area contributed by atoms with Crippen LogP contribution in [0.1, 0.15) is 12.5 Å². The molecule has 0 aliphatic rings. The lowest BCUT2D eigenvalue weighted by Crippen LogP contribution is -2.15. The van der Waals surface area contributed by atoms with Crippen LogP contribution in [0.2, 0.25) is 0 Å². The third-order valence-electron chi connectivity index (χ3n) is 4.66. The SMILES string of the molecule is CCn1c(SCC(=O)Nc2cccc3cccnc23)nnc1-c1ccccc1C. The second kappa shape index (κ2) is 8.45. The molecule has 1 amide bonds. The van der Waals surface area contributed by atoms with Gasteiger partial charge in [0.15, 0.2) is 11.0 Å². The highest BCUT2D eigenvalue weighted by Gasteiger charge is 2.16. The summed E-state index contributed by atoms with van der Waals surface area (Å²) in [6.07, 6.45) is 1.73. The molecule has 146 valence electrons. The van der Waals surface area contributed by atoms with E-state index in [1.54, 1.807) is 6.20 Å². The van der Waals surface area contributed by atoms with E-state index >= 15 is 0 Å². The van der Waals surface area contributed by atoms with E-state index in [2.05, 4.69) is 40.4 Å². The van der Waals surface area contributed by atoms with Crippen LogP contribution >= 0.6 is 11.8 Å². The first-order chi connectivity index (χ1) is 14.2. The molecule has 4 rings (SSSR count). The van der Waals surface area contributed by atoms with Crippen LogP contribution in [0.3, 0.4) is 0 Å². The number of hydrogen-bond donors (Lipinski definition) is 1. The third-order valence-corrected chi connectivity index (χ3v) is 5.62. The normalized spacial score (nSPS) is 11.0. The fraction of sp³-hybridized carbons (Fsp3) is 0.182. The van der Waals surface area contributed by atoms with Crippen LogP contribution in [0.4, 0.5) is 5.69 Å². The molecule has 0 aliphatic heterocycles. The smallest absolute Gasteiger partial charge is 0.234 e. The summed E-state index contributed by atoms with van der Waals surface area (Å²) in [5.74, 6) is 0.970. The standard InChI is InChI=1S/C22H21N5OS/c1-3-27-21(17-11-5-4-8-15(17)2)25-26-22(27)29-14-19(28)24-18-12-6-9-16-10-7-13-23-20(16)18/h4-13H,3,14H2,1-2H3,(H,24,28). The molecule has 7 heteroatoms. The number of nitrogens with zero attached hydrogens (tertiary/aromatic N) is 4. The summed E-state index contributed by atoms with van der Waals surface area (Å²) in [4.78, 5) is 16.9. The molecule has 1 N–H and O–H groups in total. The first kappa shape index (κ1) is 19.1. The quantitative estimate of drug-likeness (QED) is 0.478. The zero-order valence-corrected chi connectivity index (χ0v) is 17.1. The predicted molar refractivity (Wildman–Crippen MR) is 117 cm³/mol. The average molecular weight is 404 g/mol. The minimum absolute atomic E-state index is 0.101. The van der Waals surface area contributed by atoms with E-state index in [-0.39, 0.29) is 11.7 Å². The second-order valence-corrected chi connectivity index (χ2v) is 7.53. The third kappa shape index (κ3) is 4.00. The molecule has 2 aromatic carbocycles. The highest BCUT2D eigenvalue weighted by molar-refractivity contribution is 7.99. The average Bonchev–Trinajstić information content (AvgIpc) is 3.15. The van der Waals surface area contributed by atoms with Gasteiger partial charge in [-0.25, -0.2) is 0 Å². The van der Waals surface area contributed by atoms with Gasteiger partial charge in [0.05, 0.1) is 17.0 Å². The van der Waals surface area contributed by atoms with Gasteiger partial charge in [-0.2, -0.15) is 0 Å². The van der Waals surface area contributed by atoms with E-state index in [1.807, 2.05) is 53.1 Å². The Labute approximate surface area is 173 Å². The lowest BCUT2D eigenvalue weighted by atomic mass is 10.1. The van der Waals surface area contributed by atoms with Gasteiger partial charge in [0.2, 0.25) is 5.91 Å². The first-order valence-electron chi connectivity index (χ1n) is 9.43. The monoisotopic (exact) mass is 403 g/mol. The van der Waals surface area contributed by atoms with Crippen LogP contribution in [-0.2, 0) is 11.3 Å². The van der Waals surface area contributed by atoms with E-state index in [0.29, 0.717) is 5.69 Å². The second-order valence-electron chi connectivity index (χ2n) is 6.58. The van der Waals surface area contributed by atoms with Gasteiger partial charge in [-0.05, 0) is 31.5 Å². The fourth-order valence-electron chi connectivity index (χ4n) is 3.23. The number of hydrogen-bond acceptors (Lipinski definition) is 5. The molecule has 29 heavy (non-hydrogen) atoms. The number of anilines is 1. The van der Waals surface area contributed by atoms with E-state index < -0.39 is 0 Å². The summed E-state index contributed by atoms with van der Waals surface area (Å²) in [5, 5.41) is 13.4. The molecule has 2 heterocycles. The molecule has 4 aromatic rings. The Morgan fingerprint density at radius 1 is 1.07 bits per heavy atom. The molecule has 0 saturated heterocycles. The summed E-state index contributed by atoms with van der Waals surface area (Å²) in [6, 6.07) is 17.7. The minimum Gasteiger partial charge on any atom is -0.323 e. The maximum absolute atomic E-state index is 12.5. The highest BCUT2D eigenvalue weighted by atomic mass is 32.2. The Bertz CT molecular complexity index is 1170. The predicted octanol–water partition coefficient (Wildman–Crippen LogP) is 4.55. The Hall–Kier alpha value is -3.19. The number of pyridine rings is 1. The zero-order chi connectivity index (χ0) is 20.2. The highest BCUT2D eigenvalue weighted by Crippen LogP contribution is 2.26. The summed E-state index contributed by atoms with van der Waals surface area (Å²) < 4.78 is 2.04. The lowest BCUT2D eigenvalue weighted by Gasteiger charge is -2.10. The van der Waals surface area contributed by atoms with Crippen molar-refractivity contribution >= 4 is 34.3 Å². The molecule has 6 nitrogen and oxygen atoms in total. The Balaban J connectivity index is 1.49. The molecular formula is C22H21N5OS. The van der Waals surface area contributed by atoms with Gasteiger partial charge in [-0.3, -0.25) is 9.78 Å². The van der Waals surface area contributed by atoms with Crippen molar-refractivity contribution in [2.24, 2.45) is 0 Å². The van der Waals surface area contributed by atoms with Crippen molar-refractivity contribution in [1.82, 2.24) is 19.7 Å². The Kier molecular flexibility index (Phi) is 5.57. The number of nitrogens with one attached hydrogen (secondary N) is 1. The van der Waals surface area contributed by atoms with Crippen molar-refractivity contribution in [2.75, 3.05) is 11.1 Å². The van der Waals surface area contributed by atoms with Gasteiger partial charge in [0.1, 0.15) is 0 Å². The molecule has 0 atom stereocenters. The van der Waals surface area contributed by atoms with Crippen LogP contribution in [-0.4, -0.2) is 31.4 Å². The molecule has 0 aliphatic carbocycles. The topological polar surface area (TPSA) is 72.7 Å². The van der Waals surface area contributed by atoms with E-state index in [4.69, 9.17) is 0 Å². The van der Waals surface area contributed by atoms with Crippen LogP contribution in [0.15, 0.2) is 66.0 Å².